The largest absolute Gasteiger partial charge is 0.442 e. The van der Waals surface area contributed by atoms with Crippen LogP contribution >= 0.6 is 11.3 Å². The number of aromatic nitrogens is 1. The normalized spacial score (nSPS) is 12.7. The van der Waals surface area contributed by atoms with E-state index in [-0.39, 0.29) is 43.7 Å². The van der Waals surface area contributed by atoms with Crippen molar-refractivity contribution in [2.45, 2.75) is 92.8 Å². The maximum absolute atomic E-state index is 13.0. The topological polar surface area (TPSA) is 176 Å². The molecule has 248 valence electrons. The molecule has 2 atom stereocenters. The van der Waals surface area contributed by atoms with E-state index in [9.17, 15) is 28.8 Å². The summed E-state index contributed by atoms with van der Waals surface area (Å²) in [6.07, 6.45) is 0.844. The van der Waals surface area contributed by atoms with Crippen LogP contribution in [0, 0.1) is 17.3 Å². The summed E-state index contributed by atoms with van der Waals surface area (Å²) in [5, 5.41) is 12.7. The average molecular weight is 639 g/mol. The highest BCUT2D eigenvalue weighted by Crippen LogP contribution is 2.25. The van der Waals surface area contributed by atoms with E-state index in [1.54, 1.807) is 19.5 Å². The molecule has 4 N–H and O–H groups in total. The Morgan fingerprint density at radius 3 is 1.98 bits per heavy atom. The fourth-order valence-electron chi connectivity index (χ4n) is 3.99. The van der Waals surface area contributed by atoms with Gasteiger partial charge in [-0.1, -0.05) is 48.5 Å². The van der Waals surface area contributed by atoms with Crippen molar-refractivity contribution in [1.29, 1.82) is 0 Å². The zero-order chi connectivity index (χ0) is 33.6. The molecule has 1 rings (SSSR count). The molecule has 0 aliphatic heterocycles. The zero-order valence-corrected chi connectivity index (χ0v) is 28.3. The molecular formula is C30H50N6O7S. The van der Waals surface area contributed by atoms with E-state index < -0.39 is 47.2 Å². The van der Waals surface area contributed by atoms with Gasteiger partial charge in [-0.2, -0.15) is 0 Å². The standard InChI is InChI=1S/C30H50N6O7S/c1-10-30(6,7)27(40)21(11-18(2)3)34-25(39)15-32-28(41)22(12-19(4)5)35-24(38)14-31-23(37)13-20-17-44-26(33-20)16-43-29(42)36(8)9/h17-19,21-22H,10-16H2,1-9H3,(H,31,37)(H,32,41)(H,34,39)(H,35,38)/t21-,22-/m0/s1. The molecule has 1 aromatic heterocycles. The Morgan fingerprint density at radius 1 is 0.886 bits per heavy atom. The number of ether oxygens (including phenoxy) is 1. The van der Waals surface area contributed by atoms with E-state index in [1.807, 2.05) is 48.5 Å². The molecule has 1 heterocycles. The van der Waals surface area contributed by atoms with Crippen LogP contribution < -0.4 is 21.3 Å². The van der Waals surface area contributed by atoms with Gasteiger partial charge in [0, 0.05) is 24.9 Å². The SMILES string of the molecule is CCC(C)(C)C(=O)[C@H](CC(C)C)NC(=O)CNC(=O)[C@H](CC(C)C)NC(=O)CNC(=O)Cc1csc(COC(=O)N(C)C)n1. The van der Waals surface area contributed by atoms with Gasteiger partial charge in [0.1, 0.15) is 17.7 Å². The summed E-state index contributed by atoms with van der Waals surface area (Å²) in [7, 11) is 3.13. The zero-order valence-electron chi connectivity index (χ0n) is 27.5. The smallest absolute Gasteiger partial charge is 0.409 e. The highest BCUT2D eigenvalue weighted by molar-refractivity contribution is 7.09. The highest BCUT2D eigenvalue weighted by atomic mass is 32.1. The predicted molar refractivity (Wildman–Crippen MR) is 168 cm³/mol. The van der Waals surface area contributed by atoms with Crippen molar-refractivity contribution in [3.63, 3.8) is 0 Å². The van der Waals surface area contributed by atoms with Gasteiger partial charge in [-0.05, 0) is 31.1 Å². The second-order valence-corrected chi connectivity index (χ2v) is 13.4. The van der Waals surface area contributed by atoms with E-state index in [1.165, 1.54) is 16.2 Å². The lowest BCUT2D eigenvalue weighted by molar-refractivity contribution is -0.134. The molecule has 0 fully saturated rings. The fraction of sp³-hybridized carbons (Fsp3) is 0.700. The maximum Gasteiger partial charge on any atom is 0.409 e. The van der Waals surface area contributed by atoms with Crippen LogP contribution in [0.1, 0.15) is 78.4 Å². The molecule has 13 nitrogen and oxygen atoms in total. The monoisotopic (exact) mass is 638 g/mol. The second-order valence-electron chi connectivity index (χ2n) is 12.5. The first kappa shape index (κ1) is 38.5. The summed E-state index contributed by atoms with van der Waals surface area (Å²) in [6, 6.07) is -1.59. The lowest BCUT2D eigenvalue weighted by Crippen LogP contribution is -2.53. The number of carbonyl (C=O) groups excluding carboxylic acids is 6. The second kappa shape index (κ2) is 18.3. The quantitative estimate of drug-likeness (QED) is 0.189. The number of nitrogens with zero attached hydrogens (tertiary/aromatic N) is 2. The molecule has 0 aromatic carbocycles. The van der Waals surface area contributed by atoms with Crippen LogP contribution in [0.5, 0.6) is 0 Å². The van der Waals surface area contributed by atoms with Crippen LogP contribution in [0.25, 0.3) is 0 Å². The van der Waals surface area contributed by atoms with Gasteiger partial charge in [0.15, 0.2) is 5.78 Å². The van der Waals surface area contributed by atoms with Crippen molar-refractivity contribution in [1.82, 2.24) is 31.2 Å². The lowest BCUT2D eigenvalue weighted by atomic mass is 9.80. The molecule has 0 spiro atoms. The summed E-state index contributed by atoms with van der Waals surface area (Å²) in [5.74, 6) is -1.87. The van der Waals surface area contributed by atoms with Gasteiger partial charge in [-0.25, -0.2) is 9.78 Å². The Morgan fingerprint density at radius 2 is 1.43 bits per heavy atom. The first-order valence-corrected chi connectivity index (χ1v) is 15.8. The third kappa shape index (κ3) is 14.3. The molecule has 0 bridgehead atoms. The highest BCUT2D eigenvalue weighted by Gasteiger charge is 2.33. The summed E-state index contributed by atoms with van der Waals surface area (Å²) >= 11 is 1.25. The minimum Gasteiger partial charge on any atom is -0.442 e. The molecule has 0 saturated carbocycles. The third-order valence-electron chi connectivity index (χ3n) is 6.76. The molecule has 0 saturated heterocycles. The molecule has 0 unspecified atom stereocenters. The molecule has 44 heavy (non-hydrogen) atoms. The molecule has 0 aliphatic rings. The number of hydrogen-bond donors (Lipinski definition) is 4. The summed E-state index contributed by atoms with van der Waals surface area (Å²) < 4.78 is 5.07. The molecular weight excluding hydrogens is 588 g/mol. The van der Waals surface area contributed by atoms with Crippen LogP contribution in [0.4, 0.5) is 4.79 Å². The number of Topliss-reactive ketones (excluding diaryl/α,β-unsaturated/α-hetero) is 1. The van der Waals surface area contributed by atoms with E-state index in [0.717, 1.165) is 0 Å². The van der Waals surface area contributed by atoms with E-state index in [0.29, 0.717) is 30.0 Å². The number of amides is 5. The summed E-state index contributed by atoms with van der Waals surface area (Å²) in [4.78, 5) is 80.8. The molecule has 0 radical (unpaired) electrons. The van der Waals surface area contributed by atoms with Crippen molar-refractivity contribution in [2.24, 2.45) is 17.3 Å². The van der Waals surface area contributed by atoms with Gasteiger partial charge in [-0.15, -0.1) is 11.3 Å². The van der Waals surface area contributed by atoms with Gasteiger partial charge in [-0.3, -0.25) is 24.0 Å². The van der Waals surface area contributed by atoms with Crippen LogP contribution in [0.3, 0.4) is 0 Å². The minimum absolute atomic E-state index is 0.0135. The van der Waals surface area contributed by atoms with Crippen molar-refractivity contribution in [2.75, 3.05) is 27.2 Å². The van der Waals surface area contributed by atoms with Gasteiger partial charge >= 0.3 is 6.09 Å². The van der Waals surface area contributed by atoms with Gasteiger partial charge in [0.05, 0.1) is 31.2 Å². The number of thiazole rings is 1. The molecule has 1 aromatic rings. The first-order valence-electron chi connectivity index (χ1n) is 14.9. The average Bonchev–Trinajstić information content (AvgIpc) is 3.38. The Hall–Kier alpha value is -3.55. The molecule has 14 heteroatoms. The predicted octanol–water partition coefficient (Wildman–Crippen LogP) is 2.18. The van der Waals surface area contributed by atoms with Crippen LogP contribution in [0.15, 0.2) is 5.38 Å². The number of rotatable bonds is 18. The van der Waals surface area contributed by atoms with Gasteiger partial charge in [0.25, 0.3) is 0 Å². The Labute approximate surface area is 264 Å². The Balaban J connectivity index is 2.64. The fourth-order valence-corrected chi connectivity index (χ4v) is 4.69. The maximum atomic E-state index is 13.0. The van der Waals surface area contributed by atoms with Crippen molar-refractivity contribution >= 4 is 46.8 Å². The number of nitrogens with one attached hydrogen (secondary N) is 4. The number of carbonyl (C=O) groups is 6. The summed E-state index contributed by atoms with van der Waals surface area (Å²) in [5.41, 5.74) is -0.126. The first-order chi connectivity index (χ1) is 20.4. The van der Waals surface area contributed by atoms with E-state index in [4.69, 9.17) is 4.74 Å². The third-order valence-corrected chi connectivity index (χ3v) is 7.63. The molecule has 5 amide bonds. The van der Waals surface area contributed by atoms with Crippen molar-refractivity contribution in [3.05, 3.63) is 16.1 Å². The van der Waals surface area contributed by atoms with Crippen LogP contribution in [0.2, 0.25) is 0 Å². The Kier molecular flexibility index (Phi) is 16.0. The van der Waals surface area contributed by atoms with E-state index >= 15 is 0 Å². The Bertz CT molecular complexity index is 1150. The lowest BCUT2D eigenvalue weighted by Gasteiger charge is -2.29. The van der Waals surface area contributed by atoms with Gasteiger partial charge < -0.3 is 30.9 Å². The van der Waals surface area contributed by atoms with Crippen LogP contribution in [-0.2, 0) is 41.7 Å². The minimum atomic E-state index is -0.926. The summed E-state index contributed by atoms with van der Waals surface area (Å²) in [6.45, 7) is 12.6. The van der Waals surface area contributed by atoms with Gasteiger partial charge in [0.2, 0.25) is 23.6 Å². The molecule has 0 aliphatic carbocycles. The number of ketones is 1. The van der Waals surface area contributed by atoms with Crippen LogP contribution in [-0.4, -0.2) is 84.7 Å². The van der Waals surface area contributed by atoms with Crippen molar-refractivity contribution < 1.29 is 33.5 Å². The van der Waals surface area contributed by atoms with E-state index in [2.05, 4.69) is 26.3 Å². The van der Waals surface area contributed by atoms with Crippen molar-refractivity contribution in [3.8, 4) is 0 Å². The number of hydrogen-bond acceptors (Lipinski definition) is 9.